The van der Waals surface area contributed by atoms with E-state index in [2.05, 4.69) is 15.6 Å². The van der Waals surface area contributed by atoms with Gasteiger partial charge < -0.3 is 29.9 Å². The van der Waals surface area contributed by atoms with Crippen LogP contribution in [0.25, 0.3) is 0 Å². The summed E-state index contributed by atoms with van der Waals surface area (Å²) in [7, 11) is 3.26. The maximum Gasteiger partial charge on any atom is 0.409 e. The van der Waals surface area contributed by atoms with Crippen molar-refractivity contribution in [2.75, 3.05) is 66.6 Å². The number of piperazine rings is 1. The van der Waals surface area contributed by atoms with Gasteiger partial charge in [0, 0.05) is 46.9 Å². The molecule has 1 heterocycles. The van der Waals surface area contributed by atoms with Crippen LogP contribution in [0.1, 0.15) is 6.92 Å². The van der Waals surface area contributed by atoms with Crippen LogP contribution in [0.5, 0.6) is 0 Å². The maximum atomic E-state index is 11.7. The molecule has 0 aromatic rings. The van der Waals surface area contributed by atoms with E-state index in [1.807, 2.05) is 4.90 Å². The van der Waals surface area contributed by atoms with Crippen LogP contribution in [0.4, 0.5) is 4.79 Å². The van der Waals surface area contributed by atoms with Crippen LogP contribution in [-0.2, 0) is 14.3 Å². The number of aliphatic imine (C=N–C) groups is 1. The van der Waals surface area contributed by atoms with Crippen molar-refractivity contribution in [1.82, 2.24) is 20.4 Å². The molecule has 9 heteroatoms. The highest BCUT2D eigenvalue weighted by Crippen LogP contribution is 2.04. The fraction of sp³-hybridized carbons (Fsp3) is 0.786. The van der Waals surface area contributed by atoms with Gasteiger partial charge in [0.15, 0.2) is 5.96 Å². The number of ether oxygens (including phenoxy) is 2. The first-order valence-electron chi connectivity index (χ1n) is 7.75. The molecule has 0 saturated carbocycles. The Morgan fingerprint density at radius 1 is 1.13 bits per heavy atom. The average molecular weight is 329 g/mol. The van der Waals surface area contributed by atoms with Crippen LogP contribution in [0, 0.1) is 0 Å². The molecule has 9 nitrogen and oxygen atoms in total. The maximum absolute atomic E-state index is 11.7. The predicted molar refractivity (Wildman–Crippen MR) is 86.4 cm³/mol. The fourth-order valence-corrected chi connectivity index (χ4v) is 2.16. The molecule has 0 aromatic carbocycles. The molecule has 0 spiro atoms. The Bertz CT molecular complexity index is 408. The molecule has 0 unspecified atom stereocenters. The lowest BCUT2D eigenvalue weighted by Gasteiger charge is -2.35. The van der Waals surface area contributed by atoms with Crippen LogP contribution < -0.4 is 10.6 Å². The number of hydrogen-bond acceptors (Lipinski definition) is 5. The van der Waals surface area contributed by atoms with Gasteiger partial charge in [-0.25, -0.2) is 4.79 Å². The molecule has 1 fully saturated rings. The first-order valence-corrected chi connectivity index (χ1v) is 7.75. The van der Waals surface area contributed by atoms with E-state index < -0.39 is 0 Å². The van der Waals surface area contributed by atoms with Gasteiger partial charge in [-0.3, -0.25) is 9.79 Å². The third kappa shape index (κ3) is 6.72. The third-order valence-electron chi connectivity index (χ3n) is 3.35. The molecule has 2 amide bonds. The van der Waals surface area contributed by atoms with E-state index >= 15 is 0 Å². The van der Waals surface area contributed by atoms with E-state index in [9.17, 15) is 9.59 Å². The SMILES string of the molecule is CCOC(=O)N1CCN(C(=NC)NCC(=O)NCCOC)CC1. The molecule has 0 bridgehead atoms. The van der Waals surface area contributed by atoms with Crippen molar-refractivity contribution in [2.24, 2.45) is 4.99 Å². The molecule has 1 saturated heterocycles. The van der Waals surface area contributed by atoms with Crippen LogP contribution >= 0.6 is 0 Å². The number of amides is 2. The number of guanidine groups is 1. The Kier molecular flexibility index (Phi) is 8.81. The number of nitrogens with one attached hydrogen (secondary N) is 2. The van der Waals surface area contributed by atoms with E-state index in [1.54, 1.807) is 26.0 Å². The first kappa shape index (κ1) is 19.0. The highest BCUT2D eigenvalue weighted by atomic mass is 16.6. The number of methoxy groups -OCH3 is 1. The number of hydrogen-bond donors (Lipinski definition) is 2. The van der Waals surface area contributed by atoms with Crippen LogP contribution in [0.3, 0.4) is 0 Å². The smallest absolute Gasteiger partial charge is 0.409 e. The third-order valence-corrected chi connectivity index (χ3v) is 3.35. The standard InChI is InChI=1S/C14H27N5O4/c1-4-23-14(21)19-8-6-18(7-9-19)13(15-2)17-11-12(20)16-5-10-22-3/h4-11H2,1-3H3,(H,15,17)(H,16,20). The average Bonchev–Trinajstić information content (AvgIpc) is 2.56. The Morgan fingerprint density at radius 2 is 1.78 bits per heavy atom. The van der Waals surface area contributed by atoms with E-state index in [1.165, 1.54) is 0 Å². The molecule has 132 valence electrons. The minimum absolute atomic E-state index is 0.117. The molecule has 2 N–H and O–H groups in total. The molecular formula is C14H27N5O4. The predicted octanol–water partition coefficient (Wildman–Crippen LogP) is -0.901. The van der Waals surface area contributed by atoms with Crippen molar-refractivity contribution in [2.45, 2.75) is 6.92 Å². The van der Waals surface area contributed by atoms with E-state index in [0.29, 0.717) is 51.9 Å². The van der Waals surface area contributed by atoms with Gasteiger partial charge in [0.05, 0.1) is 19.8 Å². The summed E-state index contributed by atoms with van der Waals surface area (Å²) in [6.07, 6.45) is -0.285. The summed E-state index contributed by atoms with van der Waals surface area (Å²) >= 11 is 0. The summed E-state index contributed by atoms with van der Waals surface area (Å²) in [5, 5.41) is 5.76. The second kappa shape index (κ2) is 10.7. The summed E-state index contributed by atoms with van der Waals surface area (Å²) in [6.45, 7) is 5.70. The van der Waals surface area contributed by atoms with Crippen molar-refractivity contribution in [3.05, 3.63) is 0 Å². The molecule has 1 rings (SSSR count). The van der Waals surface area contributed by atoms with Crippen molar-refractivity contribution < 1.29 is 19.1 Å². The number of nitrogens with zero attached hydrogens (tertiary/aromatic N) is 3. The zero-order valence-corrected chi connectivity index (χ0v) is 14.1. The van der Waals surface area contributed by atoms with E-state index in [0.717, 1.165) is 0 Å². The van der Waals surface area contributed by atoms with Gasteiger partial charge in [0.1, 0.15) is 0 Å². The van der Waals surface area contributed by atoms with Crippen molar-refractivity contribution in [3.8, 4) is 0 Å². The Morgan fingerprint density at radius 3 is 2.35 bits per heavy atom. The molecular weight excluding hydrogens is 302 g/mol. The fourth-order valence-electron chi connectivity index (χ4n) is 2.16. The Balaban J connectivity index is 2.34. The molecule has 0 atom stereocenters. The highest BCUT2D eigenvalue weighted by Gasteiger charge is 2.23. The van der Waals surface area contributed by atoms with Gasteiger partial charge >= 0.3 is 6.09 Å². The van der Waals surface area contributed by atoms with Gasteiger partial charge in [0.25, 0.3) is 0 Å². The Hall–Kier alpha value is -2.03. The van der Waals surface area contributed by atoms with Crippen LogP contribution in [0.2, 0.25) is 0 Å². The topological polar surface area (TPSA) is 95.5 Å². The summed E-state index contributed by atoms with van der Waals surface area (Å²) in [5.74, 6) is 0.531. The lowest BCUT2D eigenvalue weighted by molar-refractivity contribution is -0.120. The second-order valence-electron chi connectivity index (χ2n) is 4.92. The first-order chi connectivity index (χ1) is 11.1. The lowest BCUT2D eigenvalue weighted by Crippen LogP contribution is -2.54. The van der Waals surface area contributed by atoms with Gasteiger partial charge in [-0.2, -0.15) is 0 Å². The minimum atomic E-state index is -0.285. The minimum Gasteiger partial charge on any atom is -0.450 e. The van der Waals surface area contributed by atoms with Crippen LogP contribution in [0.15, 0.2) is 4.99 Å². The summed E-state index contributed by atoms with van der Waals surface area (Å²) in [5.41, 5.74) is 0. The molecule has 0 aliphatic carbocycles. The molecule has 0 aromatic heterocycles. The monoisotopic (exact) mass is 329 g/mol. The quantitative estimate of drug-likeness (QED) is 0.372. The summed E-state index contributed by atoms with van der Waals surface area (Å²) < 4.78 is 9.86. The van der Waals surface area contributed by atoms with Crippen molar-refractivity contribution in [3.63, 3.8) is 0 Å². The van der Waals surface area contributed by atoms with Gasteiger partial charge in [0.2, 0.25) is 5.91 Å². The number of carbonyl (C=O) groups excluding carboxylic acids is 2. The zero-order chi connectivity index (χ0) is 17.1. The van der Waals surface area contributed by atoms with E-state index in [4.69, 9.17) is 9.47 Å². The van der Waals surface area contributed by atoms with E-state index in [-0.39, 0.29) is 18.5 Å². The highest BCUT2D eigenvalue weighted by molar-refractivity contribution is 5.86. The largest absolute Gasteiger partial charge is 0.450 e. The molecule has 1 aliphatic rings. The molecule has 1 aliphatic heterocycles. The second-order valence-corrected chi connectivity index (χ2v) is 4.92. The van der Waals surface area contributed by atoms with Gasteiger partial charge in [-0.05, 0) is 6.92 Å². The summed E-state index contributed by atoms with van der Waals surface area (Å²) in [4.78, 5) is 31.2. The molecule has 23 heavy (non-hydrogen) atoms. The van der Waals surface area contributed by atoms with Gasteiger partial charge in [-0.1, -0.05) is 0 Å². The normalized spacial score (nSPS) is 15.3. The van der Waals surface area contributed by atoms with Crippen molar-refractivity contribution >= 4 is 18.0 Å². The number of rotatable bonds is 6. The van der Waals surface area contributed by atoms with Crippen LogP contribution in [-0.4, -0.2) is 94.4 Å². The lowest BCUT2D eigenvalue weighted by atomic mass is 10.3. The van der Waals surface area contributed by atoms with Gasteiger partial charge in [-0.15, -0.1) is 0 Å². The van der Waals surface area contributed by atoms with Crippen molar-refractivity contribution in [1.29, 1.82) is 0 Å². The molecule has 0 radical (unpaired) electrons. The summed E-state index contributed by atoms with van der Waals surface area (Å²) in [6, 6.07) is 0. The zero-order valence-electron chi connectivity index (χ0n) is 14.1. The Labute approximate surface area is 137 Å². The number of carbonyl (C=O) groups is 2.